The van der Waals surface area contributed by atoms with Crippen LogP contribution in [0.3, 0.4) is 0 Å². The van der Waals surface area contributed by atoms with Crippen LogP contribution >= 0.6 is 11.6 Å². The lowest BCUT2D eigenvalue weighted by molar-refractivity contribution is -0.137. The molecule has 0 spiro atoms. The largest absolute Gasteiger partial charge is 0.442 e. The fraction of sp³-hybridized carbons (Fsp3) is 0.290. The van der Waals surface area contributed by atoms with E-state index in [4.69, 9.17) is 16.3 Å². The predicted molar refractivity (Wildman–Crippen MR) is 156 cm³/mol. The first kappa shape index (κ1) is 32.5. The van der Waals surface area contributed by atoms with Gasteiger partial charge in [-0.2, -0.15) is 13.2 Å². The molecule has 8 nitrogen and oxygen atoms in total. The molecule has 1 N–H and O–H groups in total. The Morgan fingerprint density at radius 1 is 1.02 bits per heavy atom. The number of rotatable bonds is 6. The number of nitrogens with zero attached hydrogens (tertiary/aromatic N) is 4. The molecule has 13 heteroatoms. The standard InChI is InChI=1S/C31H30ClF4N5O3/c1-18-12-19(6-9-24(18)32)16-37-27(42)26-14-20(13-25(38-26)22-8-7-21(33)15-23(22)31(34,35)36)17-41-11-10-40(5)28(41)39-29(43)44-30(2,3)4/h6-15H,16-17H2,1-5H3,(H,37,42)/b39-28-. The van der Waals surface area contributed by atoms with Gasteiger partial charge in [-0.05, 0) is 80.8 Å². The Labute approximate surface area is 256 Å². The normalized spacial score (nSPS) is 12.4. The van der Waals surface area contributed by atoms with Crippen LogP contribution in [0.15, 0.2) is 65.9 Å². The molecule has 44 heavy (non-hydrogen) atoms. The van der Waals surface area contributed by atoms with Crippen LogP contribution < -0.4 is 10.9 Å². The number of carbonyl (C=O) groups excluding carboxylic acids is 2. The van der Waals surface area contributed by atoms with Crippen molar-refractivity contribution in [2.24, 2.45) is 12.0 Å². The minimum atomic E-state index is -4.89. The minimum absolute atomic E-state index is 0.00278. The smallest absolute Gasteiger partial charge is 0.437 e. The van der Waals surface area contributed by atoms with Crippen LogP contribution in [0.1, 0.15) is 53.5 Å². The minimum Gasteiger partial charge on any atom is -0.442 e. The number of nitrogens with one attached hydrogen (secondary N) is 1. The Hall–Kier alpha value is -4.45. The molecule has 2 aromatic heterocycles. The molecule has 0 saturated carbocycles. The van der Waals surface area contributed by atoms with Crippen LogP contribution in [0.25, 0.3) is 11.3 Å². The third-order valence-electron chi connectivity index (χ3n) is 6.34. The molecule has 2 aromatic carbocycles. The molecule has 0 saturated heterocycles. The quantitative estimate of drug-likeness (QED) is 0.237. The van der Waals surface area contributed by atoms with E-state index in [1.54, 1.807) is 67.5 Å². The van der Waals surface area contributed by atoms with Gasteiger partial charge in [0.25, 0.3) is 5.91 Å². The van der Waals surface area contributed by atoms with Gasteiger partial charge in [0.05, 0.1) is 17.8 Å². The maximum Gasteiger partial charge on any atom is 0.437 e. The number of amides is 2. The summed E-state index contributed by atoms with van der Waals surface area (Å²) in [5.74, 6) is -1.71. The summed E-state index contributed by atoms with van der Waals surface area (Å²) in [4.78, 5) is 34.0. The zero-order chi connectivity index (χ0) is 32.4. The number of alkyl halides is 3. The Morgan fingerprint density at radius 3 is 2.41 bits per heavy atom. The van der Waals surface area contributed by atoms with E-state index in [-0.39, 0.29) is 30.1 Å². The highest BCUT2D eigenvalue weighted by molar-refractivity contribution is 6.31. The van der Waals surface area contributed by atoms with E-state index < -0.39 is 40.7 Å². The Morgan fingerprint density at radius 2 is 1.75 bits per heavy atom. The number of imidazole rings is 1. The Bertz CT molecular complexity index is 1790. The first-order chi connectivity index (χ1) is 20.5. The van der Waals surface area contributed by atoms with Crippen molar-refractivity contribution < 1.29 is 31.9 Å². The summed E-state index contributed by atoms with van der Waals surface area (Å²) in [5, 5.41) is 3.30. The molecule has 0 aliphatic rings. The molecule has 0 aliphatic carbocycles. The van der Waals surface area contributed by atoms with E-state index in [2.05, 4.69) is 15.3 Å². The molecule has 2 amide bonds. The number of ether oxygens (including phenoxy) is 1. The second kappa shape index (κ2) is 12.7. The maximum absolute atomic E-state index is 13.9. The molecule has 4 rings (SSSR count). The number of benzene rings is 2. The number of pyridine rings is 1. The summed E-state index contributed by atoms with van der Waals surface area (Å²) in [6, 6.07) is 10.3. The molecule has 0 bridgehead atoms. The number of aryl methyl sites for hydroxylation is 2. The van der Waals surface area contributed by atoms with E-state index in [1.165, 1.54) is 12.1 Å². The number of aromatic nitrogens is 3. The summed E-state index contributed by atoms with van der Waals surface area (Å²) in [6.45, 7) is 7.01. The third kappa shape index (κ3) is 8.13. The van der Waals surface area contributed by atoms with Gasteiger partial charge in [-0.3, -0.25) is 4.79 Å². The molecule has 0 atom stereocenters. The fourth-order valence-corrected chi connectivity index (χ4v) is 4.46. The number of carbonyl (C=O) groups is 2. The maximum atomic E-state index is 13.9. The Kier molecular flexibility index (Phi) is 9.33. The van der Waals surface area contributed by atoms with Crippen LogP contribution in [0.4, 0.5) is 22.4 Å². The lowest BCUT2D eigenvalue weighted by Gasteiger charge is -2.17. The number of hydrogen-bond acceptors (Lipinski definition) is 4. The van der Waals surface area contributed by atoms with E-state index in [0.717, 1.165) is 23.3 Å². The first-order valence-corrected chi connectivity index (χ1v) is 13.8. The lowest BCUT2D eigenvalue weighted by atomic mass is 10.0. The number of hydrogen-bond donors (Lipinski definition) is 1. The highest BCUT2D eigenvalue weighted by Crippen LogP contribution is 2.37. The van der Waals surface area contributed by atoms with Gasteiger partial charge in [0.2, 0.25) is 5.62 Å². The molecule has 0 radical (unpaired) electrons. The van der Waals surface area contributed by atoms with Crippen LogP contribution in [0.5, 0.6) is 0 Å². The van der Waals surface area contributed by atoms with E-state index in [0.29, 0.717) is 16.7 Å². The van der Waals surface area contributed by atoms with Gasteiger partial charge in [0.15, 0.2) is 0 Å². The predicted octanol–water partition coefficient (Wildman–Crippen LogP) is 6.82. The third-order valence-corrected chi connectivity index (χ3v) is 6.76. The lowest BCUT2D eigenvalue weighted by Crippen LogP contribution is -2.29. The van der Waals surface area contributed by atoms with Crippen molar-refractivity contribution in [3.8, 4) is 11.3 Å². The summed E-state index contributed by atoms with van der Waals surface area (Å²) in [7, 11) is 1.66. The zero-order valence-corrected chi connectivity index (χ0v) is 25.3. The van der Waals surface area contributed by atoms with Gasteiger partial charge in [-0.15, -0.1) is 4.99 Å². The van der Waals surface area contributed by atoms with Crippen molar-refractivity contribution in [2.75, 3.05) is 0 Å². The molecular formula is C31H30ClF4N5O3. The van der Waals surface area contributed by atoms with Gasteiger partial charge < -0.3 is 19.2 Å². The Balaban J connectivity index is 1.77. The summed E-state index contributed by atoms with van der Waals surface area (Å²) in [6.07, 6.45) is -2.47. The molecular weight excluding hydrogens is 602 g/mol. The van der Waals surface area contributed by atoms with Crippen molar-refractivity contribution in [1.29, 1.82) is 0 Å². The topological polar surface area (TPSA) is 90.5 Å². The summed E-state index contributed by atoms with van der Waals surface area (Å²) < 4.78 is 64.1. The monoisotopic (exact) mass is 631 g/mol. The number of halogens is 5. The van der Waals surface area contributed by atoms with Crippen LogP contribution in [-0.4, -0.2) is 31.7 Å². The molecule has 4 aromatic rings. The zero-order valence-electron chi connectivity index (χ0n) is 24.6. The first-order valence-electron chi connectivity index (χ1n) is 13.4. The highest BCUT2D eigenvalue weighted by Gasteiger charge is 2.35. The molecule has 0 aliphatic heterocycles. The van der Waals surface area contributed by atoms with E-state index in [1.807, 2.05) is 6.92 Å². The van der Waals surface area contributed by atoms with Gasteiger partial charge in [-0.1, -0.05) is 23.7 Å². The van der Waals surface area contributed by atoms with Crippen molar-refractivity contribution >= 4 is 23.6 Å². The second-order valence-corrected chi connectivity index (χ2v) is 11.5. The molecule has 0 unspecified atom stereocenters. The SMILES string of the molecule is Cc1cc(CNC(=O)c2cc(Cn3ccn(C)/c3=N/C(=O)OC(C)(C)C)cc(-c3ccc(F)cc3C(F)(F)F)n2)ccc1Cl. The average Bonchev–Trinajstić information content (AvgIpc) is 3.25. The van der Waals surface area contributed by atoms with Crippen LogP contribution in [0.2, 0.25) is 5.02 Å². The van der Waals surface area contributed by atoms with E-state index in [9.17, 15) is 27.2 Å². The van der Waals surface area contributed by atoms with Crippen LogP contribution in [-0.2, 0) is 31.1 Å². The molecule has 0 fully saturated rings. The molecule has 2 heterocycles. The van der Waals surface area contributed by atoms with Gasteiger partial charge >= 0.3 is 12.3 Å². The summed E-state index contributed by atoms with van der Waals surface area (Å²) >= 11 is 6.09. The van der Waals surface area contributed by atoms with E-state index >= 15 is 0 Å². The van der Waals surface area contributed by atoms with Gasteiger partial charge in [0, 0.05) is 36.6 Å². The van der Waals surface area contributed by atoms with Gasteiger partial charge in [0.1, 0.15) is 17.1 Å². The van der Waals surface area contributed by atoms with Crippen LogP contribution in [0, 0.1) is 12.7 Å². The fourth-order valence-electron chi connectivity index (χ4n) is 4.34. The van der Waals surface area contributed by atoms with Gasteiger partial charge in [-0.25, -0.2) is 14.2 Å². The summed E-state index contributed by atoms with van der Waals surface area (Å²) in [5.41, 5.74) is -0.650. The average molecular weight is 632 g/mol. The highest BCUT2D eigenvalue weighted by atomic mass is 35.5. The van der Waals surface area contributed by atoms with Crippen molar-refractivity contribution in [3.05, 3.63) is 105 Å². The second-order valence-electron chi connectivity index (χ2n) is 11.1. The van der Waals surface area contributed by atoms with Crippen molar-refractivity contribution in [3.63, 3.8) is 0 Å². The van der Waals surface area contributed by atoms with Crippen molar-refractivity contribution in [1.82, 2.24) is 19.4 Å². The molecule has 232 valence electrons. The van der Waals surface area contributed by atoms with Crippen molar-refractivity contribution in [2.45, 2.75) is 52.6 Å².